The number of ether oxygens (including phenoxy) is 1. The van der Waals surface area contributed by atoms with Crippen molar-refractivity contribution in [2.75, 3.05) is 7.11 Å². The molecule has 0 fully saturated rings. The van der Waals surface area contributed by atoms with E-state index in [0.29, 0.717) is 16.8 Å². The lowest BCUT2D eigenvalue weighted by Gasteiger charge is -2.31. The van der Waals surface area contributed by atoms with E-state index in [0.717, 1.165) is 27.6 Å². The van der Waals surface area contributed by atoms with Crippen molar-refractivity contribution >= 4 is 16.8 Å². The predicted molar refractivity (Wildman–Crippen MR) is 123 cm³/mol. The Balaban J connectivity index is 1.71. The van der Waals surface area contributed by atoms with Crippen molar-refractivity contribution in [2.24, 2.45) is 0 Å². The van der Waals surface area contributed by atoms with Gasteiger partial charge in [0.15, 0.2) is 6.23 Å². The van der Waals surface area contributed by atoms with Crippen molar-refractivity contribution in [1.29, 1.82) is 0 Å². The average molecular weight is 426 g/mol. The monoisotopic (exact) mass is 426 g/mol. The van der Waals surface area contributed by atoms with Crippen LogP contribution in [-0.2, 0) is 4.74 Å². The Morgan fingerprint density at radius 2 is 1.81 bits per heavy atom. The molecule has 2 unspecified atom stereocenters. The molecule has 0 saturated carbocycles. The molecule has 1 aromatic heterocycles. The van der Waals surface area contributed by atoms with Gasteiger partial charge in [-0.2, -0.15) is 0 Å². The molecule has 2 atom stereocenters. The molecule has 0 aliphatic carbocycles. The first-order chi connectivity index (χ1) is 15.5. The molecule has 4 aromatic rings. The Labute approximate surface area is 186 Å². The van der Waals surface area contributed by atoms with Crippen LogP contribution in [0.15, 0.2) is 72.8 Å². The fourth-order valence-electron chi connectivity index (χ4n) is 4.62. The minimum absolute atomic E-state index is 0.0879. The zero-order valence-corrected chi connectivity index (χ0v) is 18.2. The summed E-state index contributed by atoms with van der Waals surface area (Å²) in [5.74, 6) is -0.415. The fourth-order valence-corrected chi connectivity index (χ4v) is 4.62. The van der Waals surface area contributed by atoms with Gasteiger partial charge >= 0.3 is 0 Å². The number of aromatic nitrogens is 1. The van der Waals surface area contributed by atoms with Crippen molar-refractivity contribution in [2.45, 2.75) is 26.1 Å². The van der Waals surface area contributed by atoms with E-state index < -0.39 is 6.23 Å². The van der Waals surface area contributed by atoms with E-state index in [4.69, 9.17) is 9.72 Å². The highest BCUT2D eigenvalue weighted by Gasteiger charge is 2.40. The lowest BCUT2D eigenvalue weighted by molar-refractivity contribution is -0.0289. The first-order valence-corrected chi connectivity index (χ1v) is 10.6. The van der Waals surface area contributed by atoms with Gasteiger partial charge in [-0.1, -0.05) is 42.5 Å². The van der Waals surface area contributed by atoms with E-state index in [2.05, 4.69) is 6.07 Å². The van der Waals surface area contributed by atoms with E-state index >= 15 is 0 Å². The fraction of sp³-hybridized carbons (Fsp3) is 0.185. The largest absolute Gasteiger partial charge is 0.357 e. The first kappa shape index (κ1) is 20.3. The highest BCUT2D eigenvalue weighted by Crippen LogP contribution is 2.42. The summed E-state index contributed by atoms with van der Waals surface area (Å²) in [6.07, 6.45) is -0.498. The van der Waals surface area contributed by atoms with Gasteiger partial charge in [-0.15, -0.1) is 0 Å². The summed E-state index contributed by atoms with van der Waals surface area (Å²) in [6.45, 7) is 4.01. The summed E-state index contributed by atoms with van der Waals surface area (Å²) in [5, 5.41) is 1.01. The summed E-state index contributed by atoms with van der Waals surface area (Å²) in [7, 11) is 1.61. The van der Waals surface area contributed by atoms with Gasteiger partial charge in [0.2, 0.25) is 0 Å². The highest BCUT2D eigenvalue weighted by atomic mass is 19.1. The number of benzene rings is 3. The summed E-state index contributed by atoms with van der Waals surface area (Å²) < 4.78 is 19.9. The number of hydrogen-bond donors (Lipinski definition) is 0. The molecule has 0 radical (unpaired) electrons. The number of pyridine rings is 1. The Bertz CT molecular complexity index is 1350. The maximum Gasteiger partial charge on any atom is 0.257 e. The van der Waals surface area contributed by atoms with Gasteiger partial charge < -0.3 is 9.64 Å². The number of nitrogens with zero attached hydrogens (tertiary/aromatic N) is 2. The number of methoxy groups -OCH3 is 1. The minimum Gasteiger partial charge on any atom is -0.357 e. The molecule has 0 spiro atoms. The third-order valence-electron chi connectivity index (χ3n) is 6.24. The van der Waals surface area contributed by atoms with Crippen molar-refractivity contribution in [3.8, 4) is 11.3 Å². The van der Waals surface area contributed by atoms with Crippen LogP contribution >= 0.6 is 0 Å². The summed E-state index contributed by atoms with van der Waals surface area (Å²) >= 11 is 0. The van der Waals surface area contributed by atoms with Crippen LogP contribution in [0.25, 0.3) is 22.2 Å². The molecule has 0 bridgehead atoms. The number of halogens is 1. The second-order valence-electron chi connectivity index (χ2n) is 8.14. The van der Waals surface area contributed by atoms with Gasteiger partial charge in [-0.25, -0.2) is 9.37 Å². The molecule has 5 rings (SSSR count). The quantitative estimate of drug-likeness (QED) is 0.390. The topological polar surface area (TPSA) is 42.4 Å². The van der Waals surface area contributed by atoms with E-state index in [1.807, 2.05) is 62.4 Å². The Morgan fingerprint density at radius 3 is 2.59 bits per heavy atom. The standard InChI is InChI=1S/C27H23FN2O2/c1-16-8-6-13-24-22(16)15-23(25(29-24)18-9-7-10-19(28)14-18)17(2)30-26(31)20-11-4-5-12-21(20)27(30)32-3/h4-15,17,27H,1-3H3. The van der Waals surface area contributed by atoms with Crippen LogP contribution in [0.1, 0.15) is 46.2 Å². The van der Waals surface area contributed by atoms with Gasteiger partial charge in [-0.05, 0) is 49.7 Å². The van der Waals surface area contributed by atoms with Crippen molar-refractivity contribution in [1.82, 2.24) is 9.88 Å². The molecule has 4 nitrogen and oxygen atoms in total. The smallest absolute Gasteiger partial charge is 0.257 e. The molecule has 0 N–H and O–H groups in total. The van der Waals surface area contributed by atoms with Crippen LogP contribution in [0.3, 0.4) is 0 Å². The van der Waals surface area contributed by atoms with Crippen molar-refractivity contribution < 1.29 is 13.9 Å². The van der Waals surface area contributed by atoms with Crippen LogP contribution in [0.4, 0.5) is 4.39 Å². The summed E-state index contributed by atoms with van der Waals surface area (Å²) in [6, 6.07) is 21.6. The summed E-state index contributed by atoms with van der Waals surface area (Å²) in [5.41, 5.74) is 5.60. The SMILES string of the molecule is COC1c2ccccc2C(=O)N1C(C)c1cc2c(C)cccc2nc1-c1cccc(F)c1. The molecule has 32 heavy (non-hydrogen) atoms. The van der Waals surface area contributed by atoms with Crippen molar-refractivity contribution in [3.63, 3.8) is 0 Å². The zero-order chi connectivity index (χ0) is 22.4. The number of carbonyl (C=O) groups is 1. The average Bonchev–Trinajstić information content (AvgIpc) is 3.10. The number of amides is 1. The second-order valence-corrected chi connectivity index (χ2v) is 8.14. The number of carbonyl (C=O) groups excluding carboxylic acids is 1. The lowest BCUT2D eigenvalue weighted by Crippen LogP contribution is -2.32. The predicted octanol–water partition coefficient (Wildman–Crippen LogP) is 6.21. The van der Waals surface area contributed by atoms with Gasteiger partial charge in [0.1, 0.15) is 5.82 Å². The number of aryl methyl sites for hydroxylation is 1. The molecule has 160 valence electrons. The van der Waals surface area contributed by atoms with Crippen molar-refractivity contribution in [3.05, 3.63) is 101 Å². The summed E-state index contributed by atoms with van der Waals surface area (Å²) in [4.78, 5) is 20.0. The third-order valence-corrected chi connectivity index (χ3v) is 6.24. The molecular formula is C27H23FN2O2. The lowest BCUT2D eigenvalue weighted by atomic mass is 9.96. The Hall–Kier alpha value is -3.57. The Morgan fingerprint density at radius 1 is 1.03 bits per heavy atom. The van der Waals surface area contributed by atoms with Gasteiger partial charge in [0.05, 0.1) is 17.3 Å². The van der Waals surface area contributed by atoms with Gasteiger partial charge in [-0.3, -0.25) is 4.79 Å². The minimum atomic E-state index is -0.498. The molecule has 0 saturated heterocycles. The van der Waals surface area contributed by atoms with E-state index in [1.165, 1.54) is 12.1 Å². The van der Waals surface area contributed by atoms with Crippen LogP contribution in [0.2, 0.25) is 0 Å². The highest BCUT2D eigenvalue weighted by molar-refractivity contribution is 5.99. The molecule has 1 aliphatic rings. The number of fused-ring (bicyclic) bond motifs is 2. The molecular weight excluding hydrogens is 403 g/mol. The maximum absolute atomic E-state index is 14.1. The van der Waals surface area contributed by atoms with Gasteiger partial charge in [0, 0.05) is 34.7 Å². The maximum atomic E-state index is 14.1. The van der Waals surface area contributed by atoms with E-state index in [-0.39, 0.29) is 17.8 Å². The van der Waals surface area contributed by atoms with Gasteiger partial charge in [0.25, 0.3) is 5.91 Å². The van der Waals surface area contributed by atoms with Crippen LogP contribution in [-0.4, -0.2) is 22.9 Å². The zero-order valence-electron chi connectivity index (χ0n) is 18.2. The number of rotatable bonds is 4. The van der Waals surface area contributed by atoms with Crippen LogP contribution in [0.5, 0.6) is 0 Å². The Kier molecular flexibility index (Phi) is 4.98. The van der Waals surface area contributed by atoms with E-state index in [9.17, 15) is 9.18 Å². The first-order valence-electron chi connectivity index (χ1n) is 10.6. The molecule has 1 amide bonds. The van der Waals surface area contributed by atoms with Crippen LogP contribution in [0, 0.1) is 12.7 Å². The number of hydrogen-bond acceptors (Lipinski definition) is 3. The molecule has 3 aromatic carbocycles. The van der Waals surface area contributed by atoms with Crippen LogP contribution < -0.4 is 0 Å². The second kappa shape index (κ2) is 7.84. The normalized spacial score (nSPS) is 16.4. The third kappa shape index (κ3) is 3.17. The van der Waals surface area contributed by atoms with E-state index in [1.54, 1.807) is 18.1 Å². The molecule has 5 heteroatoms. The molecule has 1 aliphatic heterocycles. The molecule has 2 heterocycles.